The lowest BCUT2D eigenvalue weighted by molar-refractivity contribution is 0.0913. The van der Waals surface area contributed by atoms with Gasteiger partial charge in [0.2, 0.25) is 0 Å². The maximum atomic E-state index is 12.1. The van der Waals surface area contributed by atoms with Gasteiger partial charge in [-0.05, 0) is 44.0 Å². The molecule has 0 radical (unpaired) electrons. The second kappa shape index (κ2) is 5.32. The summed E-state index contributed by atoms with van der Waals surface area (Å²) in [7, 11) is 0. The molecule has 0 aliphatic carbocycles. The molecular weight excluding hydrogens is 212 g/mol. The van der Waals surface area contributed by atoms with Gasteiger partial charge in [0.1, 0.15) is 0 Å². The predicted molar refractivity (Wildman–Crippen MR) is 69.1 cm³/mol. The zero-order valence-electron chi connectivity index (χ0n) is 10.5. The molecule has 1 aliphatic rings. The number of benzene rings is 1. The Labute approximate surface area is 103 Å². The van der Waals surface area contributed by atoms with E-state index in [2.05, 4.69) is 17.6 Å². The van der Waals surface area contributed by atoms with Crippen LogP contribution in [0.25, 0.3) is 0 Å². The quantitative estimate of drug-likeness (QED) is 0.815. The van der Waals surface area contributed by atoms with Gasteiger partial charge in [-0.25, -0.2) is 0 Å². The lowest BCUT2D eigenvalue weighted by Gasteiger charge is -2.30. The van der Waals surface area contributed by atoms with E-state index in [1.54, 1.807) is 0 Å². The third kappa shape index (κ3) is 2.86. The topological polar surface area (TPSA) is 41.1 Å². The fraction of sp³-hybridized carbons (Fsp3) is 0.500. The van der Waals surface area contributed by atoms with Crippen molar-refractivity contribution in [2.24, 2.45) is 5.92 Å². The second-order valence-electron chi connectivity index (χ2n) is 4.86. The smallest absolute Gasteiger partial charge is 0.251 e. The van der Waals surface area contributed by atoms with Gasteiger partial charge in [-0.3, -0.25) is 4.79 Å². The van der Waals surface area contributed by atoms with Crippen molar-refractivity contribution in [1.29, 1.82) is 0 Å². The van der Waals surface area contributed by atoms with Crippen LogP contribution in [0.1, 0.15) is 29.3 Å². The van der Waals surface area contributed by atoms with E-state index in [1.807, 2.05) is 31.2 Å². The molecule has 0 spiro atoms. The van der Waals surface area contributed by atoms with Crippen molar-refractivity contribution < 1.29 is 4.79 Å². The number of nitrogens with one attached hydrogen (secondary N) is 2. The van der Waals surface area contributed by atoms with E-state index in [4.69, 9.17) is 0 Å². The average Bonchev–Trinajstić information content (AvgIpc) is 2.32. The van der Waals surface area contributed by atoms with Gasteiger partial charge in [0.05, 0.1) is 0 Å². The Balaban J connectivity index is 2.04. The van der Waals surface area contributed by atoms with E-state index in [-0.39, 0.29) is 5.91 Å². The SMILES string of the molecule is Cc1ccccc1C(=O)N[C@H]1CCNC[C@@H]1C. The highest BCUT2D eigenvalue weighted by Crippen LogP contribution is 2.13. The van der Waals surface area contributed by atoms with E-state index >= 15 is 0 Å². The van der Waals surface area contributed by atoms with Crippen LogP contribution in [0, 0.1) is 12.8 Å². The van der Waals surface area contributed by atoms with Crippen molar-refractivity contribution in [2.75, 3.05) is 13.1 Å². The van der Waals surface area contributed by atoms with Crippen molar-refractivity contribution in [3.63, 3.8) is 0 Å². The third-order valence-corrected chi connectivity index (χ3v) is 3.49. The van der Waals surface area contributed by atoms with Crippen molar-refractivity contribution >= 4 is 5.91 Å². The molecule has 3 heteroatoms. The fourth-order valence-electron chi connectivity index (χ4n) is 2.30. The molecule has 0 saturated carbocycles. The monoisotopic (exact) mass is 232 g/mol. The Morgan fingerprint density at radius 1 is 1.41 bits per heavy atom. The Kier molecular flexibility index (Phi) is 3.79. The number of rotatable bonds is 2. The van der Waals surface area contributed by atoms with Gasteiger partial charge in [-0.15, -0.1) is 0 Å². The highest BCUT2D eigenvalue weighted by atomic mass is 16.1. The Bertz CT molecular complexity index is 403. The second-order valence-corrected chi connectivity index (χ2v) is 4.86. The largest absolute Gasteiger partial charge is 0.349 e. The highest BCUT2D eigenvalue weighted by molar-refractivity contribution is 5.95. The van der Waals surface area contributed by atoms with E-state index < -0.39 is 0 Å². The number of carbonyl (C=O) groups is 1. The van der Waals surface area contributed by atoms with Crippen molar-refractivity contribution in [3.8, 4) is 0 Å². The van der Waals surface area contributed by atoms with Crippen LogP contribution in [0.3, 0.4) is 0 Å². The van der Waals surface area contributed by atoms with Crippen LogP contribution in [-0.4, -0.2) is 25.0 Å². The molecule has 1 fully saturated rings. The Morgan fingerprint density at radius 2 is 2.18 bits per heavy atom. The summed E-state index contributed by atoms with van der Waals surface area (Å²) in [6.07, 6.45) is 1.01. The zero-order chi connectivity index (χ0) is 12.3. The van der Waals surface area contributed by atoms with Crippen LogP contribution in [0.5, 0.6) is 0 Å². The summed E-state index contributed by atoms with van der Waals surface area (Å²) in [6.45, 7) is 6.12. The van der Waals surface area contributed by atoms with Crippen LogP contribution >= 0.6 is 0 Å². The molecule has 2 rings (SSSR count). The molecule has 1 aromatic carbocycles. The van der Waals surface area contributed by atoms with Gasteiger partial charge < -0.3 is 10.6 Å². The summed E-state index contributed by atoms with van der Waals surface area (Å²) < 4.78 is 0. The van der Waals surface area contributed by atoms with Crippen LogP contribution in [0.4, 0.5) is 0 Å². The number of piperidine rings is 1. The summed E-state index contributed by atoms with van der Waals surface area (Å²) in [5.41, 5.74) is 1.82. The van der Waals surface area contributed by atoms with Crippen LogP contribution in [0.15, 0.2) is 24.3 Å². The molecule has 92 valence electrons. The van der Waals surface area contributed by atoms with Gasteiger partial charge >= 0.3 is 0 Å². The minimum Gasteiger partial charge on any atom is -0.349 e. The molecule has 1 aromatic rings. The van der Waals surface area contributed by atoms with Crippen molar-refractivity contribution in [1.82, 2.24) is 10.6 Å². The first-order valence-electron chi connectivity index (χ1n) is 6.25. The highest BCUT2D eigenvalue weighted by Gasteiger charge is 2.23. The lowest BCUT2D eigenvalue weighted by atomic mass is 9.95. The Morgan fingerprint density at radius 3 is 2.88 bits per heavy atom. The fourth-order valence-corrected chi connectivity index (χ4v) is 2.30. The molecule has 2 N–H and O–H groups in total. The van der Waals surface area contributed by atoms with Crippen molar-refractivity contribution in [2.45, 2.75) is 26.3 Å². The van der Waals surface area contributed by atoms with Gasteiger partial charge in [-0.2, -0.15) is 0 Å². The molecule has 17 heavy (non-hydrogen) atoms. The van der Waals surface area contributed by atoms with Crippen LogP contribution in [0.2, 0.25) is 0 Å². The molecule has 1 saturated heterocycles. The van der Waals surface area contributed by atoms with Gasteiger partial charge in [0.25, 0.3) is 5.91 Å². The molecule has 2 atom stereocenters. The van der Waals surface area contributed by atoms with Gasteiger partial charge in [0, 0.05) is 11.6 Å². The average molecular weight is 232 g/mol. The summed E-state index contributed by atoms with van der Waals surface area (Å²) in [4.78, 5) is 12.1. The predicted octanol–water partition coefficient (Wildman–Crippen LogP) is 1.72. The maximum Gasteiger partial charge on any atom is 0.251 e. The molecule has 1 heterocycles. The van der Waals surface area contributed by atoms with Crippen LogP contribution in [-0.2, 0) is 0 Å². The zero-order valence-corrected chi connectivity index (χ0v) is 10.5. The molecule has 0 unspecified atom stereocenters. The summed E-state index contributed by atoms with van der Waals surface area (Å²) >= 11 is 0. The van der Waals surface area contributed by atoms with E-state index in [0.29, 0.717) is 12.0 Å². The first-order chi connectivity index (χ1) is 8.18. The number of amides is 1. The summed E-state index contributed by atoms with van der Waals surface area (Å²) in [6, 6.07) is 8.02. The maximum absolute atomic E-state index is 12.1. The van der Waals surface area contributed by atoms with Crippen molar-refractivity contribution in [3.05, 3.63) is 35.4 Å². The number of hydrogen-bond acceptors (Lipinski definition) is 2. The molecular formula is C14H20N2O. The normalized spacial score (nSPS) is 24.4. The number of hydrogen-bond donors (Lipinski definition) is 2. The van der Waals surface area contributed by atoms with E-state index in [1.165, 1.54) is 0 Å². The lowest BCUT2D eigenvalue weighted by Crippen LogP contribution is -2.48. The first kappa shape index (κ1) is 12.1. The summed E-state index contributed by atoms with van der Waals surface area (Å²) in [5, 5.41) is 6.48. The molecule has 0 bridgehead atoms. The Hall–Kier alpha value is -1.35. The van der Waals surface area contributed by atoms with Crippen LogP contribution < -0.4 is 10.6 Å². The third-order valence-electron chi connectivity index (χ3n) is 3.49. The summed E-state index contributed by atoms with van der Waals surface area (Å²) in [5.74, 6) is 0.554. The number of carbonyl (C=O) groups excluding carboxylic acids is 1. The minimum atomic E-state index is 0.0573. The van der Waals surface area contributed by atoms with E-state index in [0.717, 1.165) is 30.6 Å². The minimum absolute atomic E-state index is 0.0573. The van der Waals surface area contributed by atoms with Gasteiger partial charge in [0.15, 0.2) is 0 Å². The van der Waals surface area contributed by atoms with Gasteiger partial charge in [-0.1, -0.05) is 25.1 Å². The molecule has 3 nitrogen and oxygen atoms in total. The molecule has 1 amide bonds. The van der Waals surface area contributed by atoms with E-state index in [9.17, 15) is 4.79 Å². The molecule has 1 aliphatic heterocycles. The standard InChI is InChI=1S/C14H20N2O/c1-10-5-3-4-6-12(10)14(17)16-13-7-8-15-9-11(13)2/h3-6,11,13,15H,7-9H2,1-2H3,(H,16,17)/t11-,13-/m0/s1. The number of aryl methyl sites for hydroxylation is 1. The first-order valence-corrected chi connectivity index (χ1v) is 6.25. The molecule has 0 aromatic heterocycles.